The standard InChI is InChI=1S/C26H41N3O5/c1-9-14-27(8)21(31)18-19-22(32)29(17(11-3)16-30)20(26(19)13-12-25(18,7)34-26)23(33)28(15-10-2)24(4,5)6/h9-10,17-20,30H,1-2,11-16H2,3-8H3/t17-,18+,19-,20?,25-,26?/m0/s1. The molecule has 6 atom stereocenters. The normalized spacial score (nSPS) is 33.0. The van der Waals surface area contributed by atoms with Gasteiger partial charge in [-0.1, -0.05) is 19.1 Å². The number of ether oxygens (including phenoxy) is 1. The van der Waals surface area contributed by atoms with E-state index >= 15 is 0 Å². The Morgan fingerprint density at radius 2 is 1.85 bits per heavy atom. The molecule has 190 valence electrons. The second kappa shape index (κ2) is 9.11. The summed E-state index contributed by atoms with van der Waals surface area (Å²) in [6, 6.07) is -1.45. The molecule has 1 spiro atoms. The fourth-order valence-corrected chi connectivity index (χ4v) is 6.32. The van der Waals surface area contributed by atoms with Crippen LogP contribution >= 0.6 is 0 Å². The van der Waals surface area contributed by atoms with Crippen LogP contribution in [0.2, 0.25) is 0 Å². The van der Waals surface area contributed by atoms with Gasteiger partial charge in [-0.2, -0.15) is 0 Å². The number of aliphatic hydroxyl groups is 1. The van der Waals surface area contributed by atoms with Crippen LogP contribution in [0.4, 0.5) is 0 Å². The summed E-state index contributed by atoms with van der Waals surface area (Å²) in [6.07, 6.45) is 4.90. The van der Waals surface area contributed by atoms with Gasteiger partial charge >= 0.3 is 0 Å². The van der Waals surface area contributed by atoms with E-state index in [0.717, 1.165) is 0 Å². The van der Waals surface area contributed by atoms with Gasteiger partial charge in [-0.3, -0.25) is 14.4 Å². The molecular weight excluding hydrogens is 434 g/mol. The maximum absolute atomic E-state index is 14.2. The largest absolute Gasteiger partial charge is 0.394 e. The number of aliphatic hydroxyl groups excluding tert-OH is 1. The van der Waals surface area contributed by atoms with Crippen LogP contribution in [0.25, 0.3) is 0 Å². The van der Waals surface area contributed by atoms with Crippen molar-refractivity contribution >= 4 is 17.7 Å². The number of hydrogen-bond acceptors (Lipinski definition) is 5. The van der Waals surface area contributed by atoms with Gasteiger partial charge in [0, 0.05) is 25.7 Å². The van der Waals surface area contributed by atoms with Crippen LogP contribution < -0.4 is 0 Å². The van der Waals surface area contributed by atoms with Crippen LogP contribution in [0.15, 0.2) is 25.3 Å². The van der Waals surface area contributed by atoms with Crippen molar-refractivity contribution in [3.63, 3.8) is 0 Å². The molecule has 3 fully saturated rings. The highest BCUT2D eigenvalue weighted by Crippen LogP contribution is 2.64. The Kier molecular flexibility index (Phi) is 7.08. The third-order valence-electron chi connectivity index (χ3n) is 7.96. The van der Waals surface area contributed by atoms with Gasteiger partial charge in [-0.05, 0) is 47.0 Å². The highest BCUT2D eigenvalue weighted by Gasteiger charge is 2.78. The number of likely N-dealkylation sites (tertiary alicyclic amines) is 1. The molecule has 2 bridgehead atoms. The average molecular weight is 476 g/mol. The number of fused-ring (bicyclic) bond motifs is 1. The van der Waals surface area contributed by atoms with Gasteiger partial charge in [0.05, 0.1) is 30.1 Å². The van der Waals surface area contributed by atoms with Crippen molar-refractivity contribution in [2.45, 2.75) is 82.7 Å². The first kappa shape index (κ1) is 26.4. The molecule has 3 saturated heterocycles. The summed E-state index contributed by atoms with van der Waals surface area (Å²) in [5.74, 6) is -2.15. The second-order valence-electron chi connectivity index (χ2n) is 11.1. The zero-order valence-corrected chi connectivity index (χ0v) is 21.5. The van der Waals surface area contributed by atoms with Gasteiger partial charge in [0.2, 0.25) is 17.7 Å². The number of carbonyl (C=O) groups is 3. The molecule has 34 heavy (non-hydrogen) atoms. The predicted molar refractivity (Wildman–Crippen MR) is 130 cm³/mol. The Labute approximate surface area is 203 Å². The first-order valence-corrected chi connectivity index (χ1v) is 12.3. The molecule has 2 unspecified atom stereocenters. The molecule has 0 aliphatic carbocycles. The zero-order chi connectivity index (χ0) is 25.6. The molecule has 0 aromatic carbocycles. The Balaban J connectivity index is 2.16. The Morgan fingerprint density at radius 1 is 1.24 bits per heavy atom. The van der Waals surface area contributed by atoms with E-state index in [2.05, 4.69) is 13.2 Å². The fraction of sp³-hybridized carbons (Fsp3) is 0.731. The van der Waals surface area contributed by atoms with Crippen LogP contribution in [0.3, 0.4) is 0 Å². The lowest BCUT2D eigenvalue weighted by Gasteiger charge is -2.43. The topological polar surface area (TPSA) is 90.4 Å². The van der Waals surface area contributed by atoms with Crippen LogP contribution in [-0.4, -0.2) is 93.1 Å². The summed E-state index contributed by atoms with van der Waals surface area (Å²) < 4.78 is 6.66. The summed E-state index contributed by atoms with van der Waals surface area (Å²) in [5, 5.41) is 10.2. The minimum absolute atomic E-state index is 0.175. The fourth-order valence-electron chi connectivity index (χ4n) is 6.32. The molecule has 0 aromatic heterocycles. The summed E-state index contributed by atoms with van der Waals surface area (Å²) in [6.45, 7) is 17.5. The molecule has 3 aliphatic rings. The average Bonchev–Trinajstić information content (AvgIpc) is 3.33. The number of likely N-dealkylation sites (N-methyl/N-ethyl adjacent to an activating group) is 1. The highest BCUT2D eigenvalue weighted by molar-refractivity contribution is 5.99. The van der Waals surface area contributed by atoms with Crippen molar-refractivity contribution in [1.29, 1.82) is 0 Å². The first-order valence-electron chi connectivity index (χ1n) is 12.3. The van der Waals surface area contributed by atoms with Crippen molar-refractivity contribution in [1.82, 2.24) is 14.7 Å². The van der Waals surface area contributed by atoms with Crippen LogP contribution in [0.1, 0.15) is 53.9 Å². The van der Waals surface area contributed by atoms with Gasteiger partial charge in [-0.25, -0.2) is 0 Å². The highest BCUT2D eigenvalue weighted by atomic mass is 16.5. The summed E-state index contributed by atoms with van der Waals surface area (Å²) in [7, 11) is 1.69. The maximum Gasteiger partial charge on any atom is 0.249 e. The van der Waals surface area contributed by atoms with Crippen molar-refractivity contribution in [2.24, 2.45) is 11.8 Å². The van der Waals surface area contributed by atoms with Gasteiger partial charge in [0.15, 0.2) is 0 Å². The van der Waals surface area contributed by atoms with E-state index in [1.54, 1.807) is 29.0 Å². The Bertz CT molecular complexity index is 863. The zero-order valence-electron chi connectivity index (χ0n) is 21.5. The predicted octanol–water partition coefficient (Wildman–Crippen LogP) is 1.98. The van der Waals surface area contributed by atoms with E-state index in [1.807, 2.05) is 34.6 Å². The molecule has 3 amide bonds. The van der Waals surface area contributed by atoms with Gasteiger partial charge in [0.25, 0.3) is 0 Å². The molecular formula is C26H41N3O5. The van der Waals surface area contributed by atoms with Crippen LogP contribution in [-0.2, 0) is 19.1 Å². The molecule has 0 aromatic rings. The number of carbonyl (C=O) groups excluding carboxylic acids is 3. The summed E-state index contributed by atoms with van der Waals surface area (Å²) >= 11 is 0. The second-order valence-corrected chi connectivity index (χ2v) is 11.1. The third-order valence-corrected chi connectivity index (χ3v) is 7.96. The van der Waals surface area contributed by atoms with Gasteiger partial charge in [0.1, 0.15) is 11.6 Å². The van der Waals surface area contributed by atoms with Crippen molar-refractivity contribution in [3.05, 3.63) is 25.3 Å². The smallest absolute Gasteiger partial charge is 0.249 e. The van der Waals surface area contributed by atoms with Gasteiger partial charge < -0.3 is 24.5 Å². The molecule has 8 nitrogen and oxygen atoms in total. The molecule has 3 aliphatic heterocycles. The van der Waals surface area contributed by atoms with E-state index < -0.39 is 40.7 Å². The van der Waals surface area contributed by atoms with Crippen molar-refractivity contribution in [3.8, 4) is 0 Å². The van der Waals surface area contributed by atoms with Crippen LogP contribution in [0, 0.1) is 11.8 Å². The summed E-state index contributed by atoms with van der Waals surface area (Å²) in [4.78, 5) is 46.7. The lowest BCUT2D eigenvalue weighted by atomic mass is 9.66. The Morgan fingerprint density at radius 3 is 2.35 bits per heavy atom. The SMILES string of the molecule is C=CCN(C)C(=O)[C@H]1[C@H]2C(=O)N([C@@H](CC)CO)C(C(=O)N(CC=C)C(C)(C)C)C23CC[C@]1(C)O3. The lowest BCUT2D eigenvalue weighted by molar-refractivity contribution is -0.158. The number of amides is 3. The van der Waals surface area contributed by atoms with E-state index in [-0.39, 0.29) is 24.3 Å². The van der Waals surface area contributed by atoms with E-state index in [9.17, 15) is 19.5 Å². The number of rotatable bonds is 9. The van der Waals surface area contributed by atoms with Gasteiger partial charge in [-0.15, -0.1) is 13.2 Å². The van der Waals surface area contributed by atoms with Crippen LogP contribution in [0.5, 0.6) is 0 Å². The van der Waals surface area contributed by atoms with E-state index in [1.165, 1.54) is 4.90 Å². The molecule has 0 radical (unpaired) electrons. The molecule has 1 N–H and O–H groups in total. The van der Waals surface area contributed by atoms with E-state index in [0.29, 0.717) is 32.4 Å². The molecule has 3 rings (SSSR count). The lowest BCUT2D eigenvalue weighted by Crippen LogP contribution is -2.61. The number of nitrogens with zero attached hydrogens (tertiary/aromatic N) is 3. The quantitative estimate of drug-likeness (QED) is 0.515. The summed E-state index contributed by atoms with van der Waals surface area (Å²) in [5.41, 5.74) is -2.45. The Hall–Kier alpha value is -2.19. The minimum Gasteiger partial charge on any atom is -0.394 e. The first-order chi connectivity index (χ1) is 15.8. The van der Waals surface area contributed by atoms with Crippen molar-refractivity contribution < 1.29 is 24.2 Å². The van der Waals surface area contributed by atoms with Crippen molar-refractivity contribution in [2.75, 3.05) is 26.7 Å². The maximum atomic E-state index is 14.2. The molecule has 3 heterocycles. The number of hydrogen-bond donors (Lipinski definition) is 1. The minimum atomic E-state index is -1.11. The molecule has 0 saturated carbocycles. The third kappa shape index (κ3) is 3.79. The van der Waals surface area contributed by atoms with E-state index in [4.69, 9.17) is 4.74 Å². The molecule has 8 heteroatoms. The monoisotopic (exact) mass is 475 g/mol.